The Balaban J connectivity index is 2.82. The molecule has 0 unspecified atom stereocenters. The van der Waals surface area contributed by atoms with E-state index >= 15 is 0 Å². The van der Waals surface area contributed by atoms with Gasteiger partial charge in [0.2, 0.25) is 5.91 Å². The molecule has 1 aromatic rings. The van der Waals surface area contributed by atoms with Crippen LogP contribution in [-0.4, -0.2) is 30.4 Å². The summed E-state index contributed by atoms with van der Waals surface area (Å²) in [5.74, 6) is -0.407. The number of hydrogen-bond donors (Lipinski definition) is 3. The molecule has 0 aromatic carbocycles. The second-order valence-electron chi connectivity index (χ2n) is 4.71. The molecule has 0 saturated carbocycles. The van der Waals surface area contributed by atoms with Gasteiger partial charge < -0.3 is 16.4 Å². The fraction of sp³-hybridized carbons (Fsp3) is 0.417. The smallest absolute Gasteiger partial charge is 0.271 e. The van der Waals surface area contributed by atoms with Crippen LogP contribution in [0.15, 0.2) is 12.1 Å². The Morgan fingerprint density at radius 3 is 2.58 bits per heavy atom. The number of anilines is 1. The van der Waals surface area contributed by atoms with Gasteiger partial charge in [-0.05, 0) is 26.0 Å². The van der Waals surface area contributed by atoms with Crippen LogP contribution in [0.25, 0.3) is 0 Å². The van der Waals surface area contributed by atoms with Gasteiger partial charge in [0.15, 0.2) is 0 Å². The normalized spacial score (nSPS) is 10.9. The first-order valence-corrected chi connectivity index (χ1v) is 6.08. The van der Waals surface area contributed by atoms with E-state index in [-0.39, 0.29) is 17.3 Å². The zero-order valence-corrected chi connectivity index (χ0v) is 11.8. The summed E-state index contributed by atoms with van der Waals surface area (Å²) >= 11 is 5.92. The summed E-state index contributed by atoms with van der Waals surface area (Å²) in [5.41, 5.74) is 4.50. The van der Waals surface area contributed by atoms with E-state index in [1.165, 1.54) is 0 Å². The third-order valence-electron chi connectivity index (χ3n) is 2.68. The lowest BCUT2D eigenvalue weighted by Gasteiger charge is -2.20. The van der Waals surface area contributed by atoms with Crippen LogP contribution in [0.1, 0.15) is 24.3 Å². The van der Waals surface area contributed by atoms with Crippen LogP contribution in [0.5, 0.6) is 0 Å². The lowest BCUT2D eigenvalue weighted by Crippen LogP contribution is -2.42. The van der Waals surface area contributed by atoms with Crippen LogP contribution in [0.4, 0.5) is 5.82 Å². The number of pyridine rings is 1. The van der Waals surface area contributed by atoms with Crippen molar-refractivity contribution < 1.29 is 9.59 Å². The molecule has 0 saturated heterocycles. The minimum atomic E-state index is -0.831. The molecule has 0 radical (unpaired) electrons. The Labute approximate surface area is 116 Å². The van der Waals surface area contributed by atoms with E-state index in [1.54, 1.807) is 33.0 Å². The van der Waals surface area contributed by atoms with Crippen LogP contribution < -0.4 is 16.4 Å². The molecule has 0 atom stereocenters. The summed E-state index contributed by atoms with van der Waals surface area (Å²) < 4.78 is 0. The molecule has 104 valence electrons. The first-order valence-electron chi connectivity index (χ1n) is 5.70. The summed E-state index contributed by atoms with van der Waals surface area (Å²) in [6.45, 7) is 3.41. The van der Waals surface area contributed by atoms with E-state index in [9.17, 15) is 9.59 Å². The summed E-state index contributed by atoms with van der Waals surface area (Å²) in [4.78, 5) is 27.2. The van der Waals surface area contributed by atoms with Crippen molar-refractivity contribution in [1.29, 1.82) is 0 Å². The number of primary amides is 1. The van der Waals surface area contributed by atoms with Gasteiger partial charge in [-0.1, -0.05) is 11.6 Å². The van der Waals surface area contributed by atoms with Gasteiger partial charge in [-0.2, -0.15) is 0 Å². The molecular weight excluding hydrogens is 268 g/mol. The number of nitrogens with one attached hydrogen (secondary N) is 2. The number of hydrogen-bond acceptors (Lipinski definition) is 4. The molecule has 1 rings (SSSR count). The molecule has 0 fully saturated rings. The predicted octanol–water partition coefficient (Wildman–Crippen LogP) is 1.02. The van der Waals surface area contributed by atoms with Crippen molar-refractivity contribution in [2.45, 2.75) is 13.8 Å². The summed E-state index contributed by atoms with van der Waals surface area (Å²) in [7, 11) is 1.69. The van der Waals surface area contributed by atoms with Gasteiger partial charge in [0.1, 0.15) is 11.5 Å². The zero-order valence-electron chi connectivity index (χ0n) is 11.1. The molecular formula is C12H17ClN4O2. The third-order valence-corrected chi connectivity index (χ3v) is 2.98. The Morgan fingerprint density at radius 2 is 2.05 bits per heavy atom. The van der Waals surface area contributed by atoms with Gasteiger partial charge in [-0.3, -0.25) is 9.59 Å². The maximum atomic E-state index is 12.0. The molecule has 2 amide bonds. The highest BCUT2D eigenvalue weighted by Crippen LogP contribution is 2.17. The van der Waals surface area contributed by atoms with Crippen molar-refractivity contribution in [3.05, 3.63) is 22.8 Å². The minimum Gasteiger partial charge on any atom is -0.373 e. The summed E-state index contributed by atoms with van der Waals surface area (Å²) in [6, 6.07) is 3.24. The first-order chi connectivity index (χ1) is 8.77. The van der Waals surface area contributed by atoms with Gasteiger partial charge in [-0.15, -0.1) is 0 Å². The number of rotatable bonds is 5. The van der Waals surface area contributed by atoms with E-state index in [2.05, 4.69) is 15.6 Å². The minimum absolute atomic E-state index is 0.105. The van der Waals surface area contributed by atoms with Crippen molar-refractivity contribution in [2.24, 2.45) is 11.1 Å². The quantitative estimate of drug-likeness (QED) is 0.752. The largest absolute Gasteiger partial charge is 0.373 e. The SMILES string of the molecule is CNc1ccc(Cl)c(C(=O)NCC(C)(C)C(N)=O)n1. The number of nitrogens with zero attached hydrogens (tertiary/aromatic N) is 1. The molecule has 0 bridgehead atoms. The topological polar surface area (TPSA) is 97.1 Å². The standard InChI is InChI=1S/C12H17ClN4O2/c1-12(2,11(14)19)6-16-10(18)9-7(13)4-5-8(15-3)17-9/h4-5H,6H2,1-3H3,(H2,14,19)(H,15,17)(H,16,18). The highest BCUT2D eigenvalue weighted by atomic mass is 35.5. The van der Waals surface area contributed by atoms with Gasteiger partial charge in [0.25, 0.3) is 5.91 Å². The van der Waals surface area contributed by atoms with Crippen molar-refractivity contribution in [1.82, 2.24) is 10.3 Å². The van der Waals surface area contributed by atoms with Gasteiger partial charge in [-0.25, -0.2) is 4.98 Å². The second kappa shape index (κ2) is 5.88. The first kappa shape index (κ1) is 15.2. The fourth-order valence-electron chi connectivity index (χ4n) is 1.21. The number of carbonyl (C=O) groups is 2. The van der Waals surface area contributed by atoms with Crippen LogP contribution in [0.3, 0.4) is 0 Å². The average molecular weight is 285 g/mol. The van der Waals surface area contributed by atoms with E-state index < -0.39 is 17.2 Å². The van der Waals surface area contributed by atoms with Crippen molar-refractivity contribution in [3.8, 4) is 0 Å². The van der Waals surface area contributed by atoms with E-state index in [0.29, 0.717) is 5.82 Å². The Bertz CT molecular complexity index is 503. The van der Waals surface area contributed by atoms with Crippen molar-refractivity contribution in [3.63, 3.8) is 0 Å². The van der Waals surface area contributed by atoms with Gasteiger partial charge >= 0.3 is 0 Å². The third kappa shape index (κ3) is 3.82. The van der Waals surface area contributed by atoms with Gasteiger partial charge in [0.05, 0.1) is 10.4 Å². The van der Waals surface area contributed by atoms with E-state index in [4.69, 9.17) is 17.3 Å². The number of aromatic nitrogens is 1. The lowest BCUT2D eigenvalue weighted by molar-refractivity contribution is -0.125. The van der Waals surface area contributed by atoms with Crippen LogP contribution >= 0.6 is 11.6 Å². The summed E-state index contributed by atoms with van der Waals surface area (Å²) in [6.07, 6.45) is 0. The molecule has 4 N–H and O–H groups in total. The molecule has 6 nitrogen and oxygen atoms in total. The predicted molar refractivity (Wildman–Crippen MR) is 74.1 cm³/mol. The van der Waals surface area contributed by atoms with Crippen LogP contribution in [0, 0.1) is 5.41 Å². The van der Waals surface area contributed by atoms with Gasteiger partial charge in [0, 0.05) is 13.6 Å². The Hall–Kier alpha value is -1.82. The van der Waals surface area contributed by atoms with Crippen LogP contribution in [0.2, 0.25) is 5.02 Å². The number of nitrogens with two attached hydrogens (primary N) is 1. The lowest BCUT2D eigenvalue weighted by atomic mass is 9.93. The van der Waals surface area contributed by atoms with Crippen LogP contribution in [-0.2, 0) is 4.79 Å². The van der Waals surface area contributed by atoms with Crippen molar-refractivity contribution >= 4 is 29.2 Å². The molecule has 0 aliphatic heterocycles. The highest BCUT2D eigenvalue weighted by molar-refractivity contribution is 6.33. The summed E-state index contributed by atoms with van der Waals surface area (Å²) in [5, 5.41) is 5.66. The molecule has 0 aliphatic rings. The van der Waals surface area contributed by atoms with Crippen molar-refractivity contribution in [2.75, 3.05) is 18.9 Å². The van der Waals surface area contributed by atoms with E-state index in [0.717, 1.165) is 0 Å². The zero-order chi connectivity index (χ0) is 14.6. The highest BCUT2D eigenvalue weighted by Gasteiger charge is 2.26. The average Bonchev–Trinajstić information content (AvgIpc) is 2.36. The number of carbonyl (C=O) groups excluding carboxylic acids is 2. The molecule has 1 aromatic heterocycles. The molecule has 0 aliphatic carbocycles. The second-order valence-corrected chi connectivity index (χ2v) is 5.11. The monoisotopic (exact) mass is 284 g/mol. The number of halogens is 1. The molecule has 19 heavy (non-hydrogen) atoms. The Morgan fingerprint density at radius 1 is 1.42 bits per heavy atom. The Kier molecular flexibility index (Phi) is 4.72. The molecule has 0 spiro atoms. The fourth-order valence-corrected chi connectivity index (χ4v) is 1.40. The maximum absolute atomic E-state index is 12.0. The number of amides is 2. The van der Waals surface area contributed by atoms with E-state index in [1.807, 2.05) is 0 Å². The molecule has 1 heterocycles. The molecule has 7 heteroatoms. The maximum Gasteiger partial charge on any atom is 0.271 e.